The summed E-state index contributed by atoms with van der Waals surface area (Å²) in [5.74, 6) is 1.55. The molecule has 0 saturated heterocycles. The lowest BCUT2D eigenvalue weighted by Crippen LogP contribution is -2.37. The number of rotatable bonds is 7. The van der Waals surface area contributed by atoms with Gasteiger partial charge >= 0.3 is 0 Å². The smallest absolute Gasteiger partial charge is 0.221 e. The van der Waals surface area contributed by atoms with Crippen molar-refractivity contribution >= 4 is 17.6 Å². The van der Waals surface area contributed by atoms with Crippen molar-refractivity contribution in [1.82, 2.24) is 10.6 Å². The number of aliphatic imine (C=N–C) groups is 1. The quantitative estimate of drug-likeness (QED) is 0.519. The second kappa shape index (κ2) is 10.2. The second-order valence-electron chi connectivity index (χ2n) is 6.30. The first-order valence-electron chi connectivity index (χ1n) is 8.96. The minimum atomic E-state index is -0.0653. The number of nitrogens with one attached hydrogen (secondary N) is 3. The van der Waals surface area contributed by atoms with E-state index in [0.29, 0.717) is 6.54 Å². The third-order valence-corrected chi connectivity index (χ3v) is 4.09. The molecule has 3 N–H and O–H groups in total. The minimum absolute atomic E-state index is 0.0653. The van der Waals surface area contributed by atoms with Gasteiger partial charge in [-0.1, -0.05) is 24.3 Å². The molecule has 144 valence electrons. The average Bonchev–Trinajstić information content (AvgIpc) is 2.66. The van der Waals surface area contributed by atoms with E-state index in [9.17, 15) is 4.79 Å². The maximum absolute atomic E-state index is 11.0. The van der Waals surface area contributed by atoms with Crippen LogP contribution >= 0.6 is 0 Å². The lowest BCUT2D eigenvalue weighted by molar-refractivity contribution is -0.114. The van der Waals surface area contributed by atoms with Gasteiger partial charge in [-0.3, -0.25) is 9.79 Å². The summed E-state index contributed by atoms with van der Waals surface area (Å²) in [4.78, 5) is 15.3. The van der Waals surface area contributed by atoms with E-state index < -0.39 is 0 Å². The molecule has 0 spiro atoms. The van der Waals surface area contributed by atoms with Crippen LogP contribution in [0.5, 0.6) is 5.75 Å². The monoisotopic (exact) mass is 368 g/mol. The van der Waals surface area contributed by atoms with E-state index in [4.69, 9.17) is 4.74 Å². The number of guanidine groups is 1. The molecule has 6 heteroatoms. The van der Waals surface area contributed by atoms with Gasteiger partial charge in [0, 0.05) is 38.3 Å². The Morgan fingerprint density at radius 1 is 1.11 bits per heavy atom. The number of hydrogen-bond donors (Lipinski definition) is 3. The molecule has 0 fully saturated rings. The van der Waals surface area contributed by atoms with Gasteiger partial charge in [0.15, 0.2) is 5.96 Å². The van der Waals surface area contributed by atoms with Crippen LogP contribution in [0.2, 0.25) is 0 Å². The van der Waals surface area contributed by atoms with Crippen molar-refractivity contribution in [3.63, 3.8) is 0 Å². The van der Waals surface area contributed by atoms with Gasteiger partial charge in [0.05, 0.1) is 7.11 Å². The summed E-state index contributed by atoms with van der Waals surface area (Å²) in [6.07, 6.45) is 0.856. The van der Waals surface area contributed by atoms with E-state index in [1.165, 1.54) is 18.1 Å². The van der Waals surface area contributed by atoms with E-state index in [-0.39, 0.29) is 5.91 Å². The first-order chi connectivity index (χ1) is 13.0. The summed E-state index contributed by atoms with van der Waals surface area (Å²) in [5, 5.41) is 9.39. The maximum Gasteiger partial charge on any atom is 0.221 e. The third-order valence-electron chi connectivity index (χ3n) is 4.09. The van der Waals surface area contributed by atoms with Gasteiger partial charge in [0.2, 0.25) is 5.91 Å². The molecule has 0 aliphatic heterocycles. The Hall–Kier alpha value is -3.02. The Bertz CT molecular complexity index is 785. The topological polar surface area (TPSA) is 74.8 Å². The van der Waals surface area contributed by atoms with Gasteiger partial charge in [-0.25, -0.2) is 0 Å². The lowest BCUT2D eigenvalue weighted by atomic mass is 10.1. The van der Waals surface area contributed by atoms with E-state index in [1.807, 2.05) is 37.3 Å². The zero-order valence-electron chi connectivity index (χ0n) is 16.4. The van der Waals surface area contributed by atoms with Gasteiger partial charge in [0.25, 0.3) is 0 Å². The number of hydrogen-bond acceptors (Lipinski definition) is 3. The third kappa shape index (κ3) is 6.66. The molecule has 0 saturated carbocycles. The summed E-state index contributed by atoms with van der Waals surface area (Å²) in [6, 6.07) is 14.0. The first kappa shape index (κ1) is 20.3. The van der Waals surface area contributed by atoms with Gasteiger partial charge < -0.3 is 20.7 Å². The molecule has 6 nitrogen and oxygen atoms in total. The summed E-state index contributed by atoms with van der Waals surface area (Å²) in [5.41, 5.74) is 4.25. The van der Waals surface area contributed by atoms with Crippen molar-refractivity contribution in [2.75, 3.05) is 26.0 Å². The molecule has 0 radical (unpaired) electrons. The molecule has 2 rings (SSSR count). The van der Waals surface area contributed by atoms with Crippen molar-refractivity contribution < 1.29 is 9.53 Å². The molecule has 0 unspecified atom stereocenters. The highest BCUT2D eigenvalue weighted by molar-refractivity contribution is 5.88. The molecule has 0 aliphatic rings. The summed E-state index contributed by atoms with van der Waals surface area (Å²) >= 11 is 0. The number of aryl methyl sites for hydroxylation is 1. The SMILES string of the molecule is CN=C(NCCc1ccc(NC(C)=O)cc1)NCc1ccc(C)cc1OC. The van der Waals surface area contributed by atoms with E-state index in [1.54, 1.807) is 14.2 Å². The van der Waals surface area contributed by atoms with Gasteiger partial charge in [0.1, 0.15) is 5.75 Å². The average molecular weight is 368 g/mol. The highest BCUT2D eigenvalue weighted by Crippen LogP contribution is 2.19. The predicted molar refractivity (Wildman–Crippen MR) is 110 cm³/mol. The highest BCUT2D eigenvalue weighted by atomic mass is 16.5. The largest absolute Gasteiger partial charge is 0.496 e. The fourth-order valence-corrected chi connectivity index (χ4v) is 2.68. The number of nitrogens with zero attached hydrogens (tertiary/aromatic N) is 1. The molecule has 0 atom stereocenters. The molecule has 0 bridgehead atoms. The molecular formula is C21H28N4O2. The second-order valence-corrected chi connectivity index (χ2v) is 6.30. The fraction of sp³-hybridized carbons (Fsp3) is 0.333. The molecule has 1 amide bonds. The van der Waals surface area contributed by atoms with Gasteiger partial charge in [-0.05, 0) is 42.7 Å². The van der Waals surface area contributed by atoms with E-state index >= 15 is 0 Å². The van der Waals surface area contributed by atoms with Crippen LogP contribution in [0.1, 0.15) is 23.6 Å². The Labute approximate surface area is 161 Å². The number of ether oxygens (including phenoxy) is 1. The van der Waals surface area contributed by atoms with Crippen LogP contribution < -0.4 is 20.7 Å². The Balaban J connectivity index is 1.81. The summed E-state index contributed by atoms with van der Waals surface area (Å²) in [6.45, 7) is 4.93. The van der Waals surface area contributed by atoms with Crippen LogP contribution in [0.4, 0.5) is 5.69 Å². The van der Waals surface area contributed by atoms with Crippen LogP contribution in [0.15, 0.2) is 47.5 Å². The zero-order valence-corrected chi connectivity index (χ0v) is 16.4. The summed E-state index contributed by atoms with van der Waals surface area (Å²) < 4.78 is 5.44. The molecule has 27 heavy (non-hydrogen) atoms. The van der Waals surface area contributed by atoms with Crippen LogP contribution in [-0.2, 0) is 17.8 Å². The Kier molecular flexibility index (Phi) is 7.67. The lowest BCUT2D eigenvalue weighted by Gasteiger charge is -2.14. The zero-order chi connectivity index (χ0) is 19.6. The number of benzene rings is 2. The van der Waals surface area contributed by atoms with Gasteiger partial charge in [-0.2, -0.15) is 0 Å². The maximum atomic E-state index is 11.0. The minimum Gasteiger partial charge on any atom is -0.496 e. The first-order valence-corrected chi connectivity index (χ1v) is 8.96. The molecule has 2 aromatic carbocycles. The molecule has 0 heterocycles. The summed E-state index contributed by atoms with van der Waals surface area (Å²) in [7, 11) is 3.44. The standard InChI is InChI=1S/C21H28N4O2/c1-15-5-8-18(20(13-15)27-4)14-24-21(22-3)23-12-11-17-6-9-19(10-7-17)25-16(2)26/h5-10,13H,11-12,14H2,1-4H3,(H,25,26)(H2,22,23,24). The fourth-order valence-electron chi connectivity index (χ4n) is 2.68. The molecular weight excluding hydrogens is 340 g/mol. The van der Waals surface area contributed by atoms with Crippen molar-refractivity contribution in [3.05, 3.63) is 59.2 Å². The van der Waals surface area contributed by atoms with Crippen LogP contribution in [0, 0.1) is 6.92 Å². The molecule has 0 aliphatic carbocycles. The van der Waals surface area contributed by atoms with Crippen LogP contribution in [-0.4, -0.2) is 32.6 Å². The normalized spacial score (nSPS) is 11.0. The number of amides is 1. The van der Waals surface area contributed by atoms with Crippen LogP contribution in [0.3, 0.4) is 0 Å². The molecule has 0 aromatic heterocycles. The van der Waals surface area contributed by atoms with Crippen molar-refractivity contribution in [3.8, 4) is 5.75 Å². The van der Waals surface area contributed by atoms with Gasteiger partial charge in [-0.15, -0.1) is 0 Å². The Morgan fingerprint density at radius 3 is 2.48 bits per heavy atom. The van der Waals surface area contributed by atoms with E-state index in [2.05, 4.69) is 33.1 Å². The Morgan fingerprint density at radius 2 is 1.85 bits per heavy atom. The number of anilines is 1. The van der Waals surface area contributed by atoms with Crippen molar-refractivity contribution in [2.45, 2.75) is 26.8 Å². The molecule has 2 aromatic rings. The van der Waals surface area contributed by atoms with E-state index in [0.717, 1.165) is 35.9 Å². The number of methoxy groups -OCH3 is 1. The van der Waals surface area contributed by atoms with Crippen molar-refractivity contribution in [2.24, 2.45) is 4.99 Å². The number of carbonyl (C=O) groups excluding carboxylic acids is 1. The van der Waals surface area contributed by atoms with Crippen LogP contribution in [0.25, 0.3) is 0 Å². The number of carbonyl (C=O) groups is 1. The highest BCUT2D eigenvalue weighted by Gasteiger charge is 2.05. The predicted octanol–water partition coefficient (Wildman–Crippen LogP) is 2.87. The van der Waals surface area contributed by atoms with Crippen molar-refractivity contribution in [1.29, 1.82) is 0 Å².